The molecular weight excluding hydrogens is 772 g/mol. The summed E-state index contributed by atoms with van der Waals surface area (Å²) in [6.07, 6.45) is 6.66. The van der Waals surface area contributed by atoms with Crippen LogP contribution in [0.4, 0.5) is 26.6 Å². The molecule has 318 valence electrons. The molecule has 58 heavy (non-hydrogen) atoms. The normalized spacial score (nSPS) is 20.6. The third-order valence-corrected chi connectivity index (χ3v) is 12.5. The maximum atomic E-state index is 14.6. The standard InChI is InChI=1S/C40H57FN8O8S/c1-5-6-7-8-9-12-30(43-38(53)57-39(2,3)4)35(51)49-25-28(23-31(49)34(50)46-40(19-20-40)36(52)47-58(54,55)29-17-18-29)56-33-24-32(48-21-10-11-22-48)44-37(45-33)42-27-15-13-26(41)14-16-27/h13-16,24,28-31H,5-12,17-23,25H2,1-4H3,(H,43,53)(H,46,50)(H,47,52)(H,42,44,45)/t28-,30+,31+/m1/s1. The van der Waals surface area contributed by atoms with Crippen molar-refractivity contribution in [2.75, 3.05) is 29.9 Å². The lowest BCUT2D eigenvalue weighted by Gasteiger charge is -2.30. The van der Waals surface area contributed by atoms with Gasteiger partial charge >= 0.3 is 6.09 Å². The fraction of sp³-hybridized carbons (Fsp3) is 0.650. The zero-order chi connectivity index (χ0) is 41.7. The smallest absolute Gasteiger partial charge is 0.408 e. The lowest BCUT2D eigenvalue weighted by atomic mass is 10.0. The van der Waals surface area contributed by atoms with Gasteiger partial charge in [0.25, 0.3) is 5.91 Å². The van der Waals surface area contributed by atoms with Gasteiger partial charge in [0, 0.05) is 31.3 Å². The second-order valence-corrected chi connectivity index (χ2v) is 18.8. The van der Waals surface area contributed by atoms with Crippen molar-refractivity contribution in [3.63, 3.8) is 0 Å². The van der Waals surface area contributed by atoms with Crippen molar-refractivity contribution in [2.24, 2.45) is 0 Å². The van der Waals surface area contributed by atoms with Gasteiger partial charge in [0.1, 0.15) is 41.0 Å². The van der Waals surface area contributed by atoms with E-state index in [-0.39, 0.29) is 37.6 Å². The van der Waals surface area contributed by atoms with Crippen molar-refractivity contribution < 1.29 is 41.5 Å². The van der Waals surface area contributed by atoms with Gasteiger partial charge < -0.3 is 35.2 Å². The van der Waals surface area contributed by atoms with Crippen LogP contribution in [-0.4, -0.2) is 101 Å². The largest absolute Gasteiger partial charge is 0.472 e. The van der Waals surface area contributed by atoms with Crippen LogP contribution >= 0.6 is 0 Å². The highest BCUT2D eigenvalue weighted by Crippen LogP contribution is 2.38. The molecule has 0 bridgehead atoms. The topological polar surface area (TPSA) is 201 Å². The molecular formula is C40H57FN8O8S. The summed E-state index contributed by atoms with van der Waals surface area (Å²) in [5.41, 5.74) is -1.70. The number of rotatable bonds is 18. The van der Waals surface area contributed by atoms with Gasteiger partial charge in [-0.2, -0.15) is 9.97 Å². The first-order valence-electron chi connectivity index (χ1n) is 20.6. The highest BCUT2D eigenvalue weighted by atomic mass is 32.2. The maximum Gasteiger partial charge on any atom is 0.408 e. The number of anilines is 3. The summed E-state index contributed by atoms with van der Waals surface area (Å²) in [6, 6.07) is 5.29. The number of hydrogen-bond donors (Lipinski definition) is 4. The molecule has 2 saturated heterocycles. The molecule has 4 fully saturated rings. The molecule has 16 nitrogen and oxygen atoms in total. The highest BCUT2D eigenvalue weighted by molar-refractivity contribution is 7.91. The minimum atomic E-state index is -3.86. The van der Waals surface area contributed by atoms with Gasteiger partial charge in [0.15, 0.2) is 0 Å². The van der Waals surface area contributed by atoms with Gasteiger partial charge in [-0.15, -0.1) is 0 Å². The minimum absolute atomic E-state index is 0.00901. The van der Waals surface area contributed by atoms with E-state index < -0.39 is 74.2 Å². The van der Waals surface area contributed by atoms with E-state index >= 15 is 0 Å². The van der Waals surface area contributed by atoms with Gasteiger partial charge in [-0.25, -0.2) is 17.6 Å². The summed E-state index contributed by atoms with van der Waals surface area (Å²) in [4.78, 5) is 67.9. The number of alkyl carbamates (subject to hydrolysis) is 1. The van der Waals surface area contributed by atoms with Crippen LogP contribution in [0.2, 0.25) is 0 Å². The summed E-state index contributed by atoms with van der Waals surface area (Å²) >= 11 is 0. The van der Waals surface area contributed by atoms with Crippen LogP contribution in [0.25, 0.3) is 0 Å². The number of sulfonamides is 1. The number of benzene rings is 1. The van der Waals surface area contributed by atoms with Crippen LogP contribution in [0.3, 0.4) is 0 Å². The minimum Gasteiger partial charge on any atom is -0.472 e. The Balaban J connectivity index is 1.25. The van der Waals surface area contributed by atoms with E-state index in [9.17, 15) is 32.0 Å². The first-order chi connectivity index (χ1) is 27.5. The van der Waals surface area contributed by atoms with Crippen LogP contribution < -0.4 is 30.3 Å². The predicted octanol–water partition coefficient (Wildman–Crippen LogP) is 4.82. The van der Waals surface area contributed by atoms with Crippen LogP contribution in [-0.2, 0) is 29.1 Å². The second kappa shape index (κ2) is 18.0. The fourth-order valence-corrected chi connectivity index (χ4v) is 8.62. The van der Waals surface area contributed by atoms with E-state index in [0.717, 1.165) is 51.6 Å². The molecule has 6 rings (SSSR count). The van der Waals surface area contributed by atoms with E-state index in [2.05, 4.69) is 42.5 Å². The Morgan fingerprint density at radius 3 is 2.33 bits per heavy atom. The Morgan fingerprint density at radius 2 is 1.69 bits per heavy atom. The quantitative estimate of drug-likeness (QED) is 0.150. The van der Waals surface area contributed by atoms with E-state index in [1.807, 2.05) is 0 Å². The van der Waals surface area contributed by atoms with Gasteiger partial charge in [0.2, 0.25) is 33.7 Å². The van der Waals surface area contributed by atoms with Gasteiger partial charge in [-0.1, -0.05) is 39.0 Å². The van der Waals surface area contributed by atoms with Gasteiger partial charge in [-0.3, -0.25) is 19.1 Å². The molecule has 2 aromatic rings. The number of nitrogens with zero attached hydrogens (tertiary/aromatic N) is 4. The van der Waals surface area contributed by atoms with Crippen LogP contribution in [0.1, 0.15) is 111 Å². The number of unbranched alkanes of at least 4 members (excludes halogenated alkanes) is 4. The predicted molar refractivity (Wildman–Crippen MR) is 214 cm³/mol. The first-order valence-corrected chi connectivity index (χ1v) is 22.1. The van der Waals surface area contributed by atoms with Gasteiger partial charge in [-0.05, 0) is 90.0 Å². The first kappa shape index (κ1) is 42.9. The van der Waals surface area contributed by atoms with Crippen LogP contribution in [0, 0.1) is 5.82 Å². The third-order valence-electron chi connectivity index (χ3n) is 10.7. The number of amides is 4. The Kier molecular flexibility index (Phi) is 13.3. The molecule has 0 unspecified atom stereocenters. The molecule has 4 aliphatic rings. The van der Waals surface area contributed by atoms with E-state index in [4.69, 9.17) is 9.47 Å². The summed E-state index contributed by atoms with van der Waals surface area (Å²) in [6.45, 7) is 8.77. The van der Waals surface area contributed by atoms with E-state index in [1.165, 1.54) is 17.0 Å². The molecule has 1 aromatic carbocycles. The SMILES string of the molecule is CCCCCCC[C@H](NC(=O)OC(C)(C)C)C(=O)N1C[C@H](Oc2cc(N3CCCC3)nc(Nc3ccc(F)cc3)n2)C[C@H]1C(=O)NC1(C(=O)NS(=O)(=O)C2CC2)CC1. The Morgan fingerprint density at radius 1 is 1.00 bits per heavy atom. The summed E-state index contributed by atoms with van der Waals surface area (Å²) in [7, 11) is -3.86. The fourth-order valence-electron chi connectivity index (χ4n) is 7.25. The van der Waals surface area contributed by atoms with Crippen LogP contribution in [0.5, 0.6) is 5.88 Å². The third kappa shape index (κ3) is 11.5. The number of nitrogens with one attached hydrogen (secondary N) is 4. The molecule has 3 heterocycles. The number of carbonyl (C=O) groups excluding carboxylic acids is 4. The molecule has 2 saturated carbocycles. The molecule has 18 heteroatoms. The molecule has 3 atom stereocenters. The molecule has 0 radical (unpaired) electrons. The average molecular weight is 829 g/mol. The Bertz CT molecular complexity index is 1910. The molecule has 4 N–H and O–H groups in total. The van der Waals surface area contributed by atoms with E-state index in [1.54, 1.807) is 39.0 Å². The number of aromatic nitrogens is 2. The maximum absolute atomic E-state index is 14.6. The van der Waals surface area contributed by atoms with Crippen molar-refractivity contribution in [2.45, 2.75) is 146 Å². The number of carbonyl (C=O) groups is 4. The highest BCUT2D eigenvalue weighted by Gasteiger charge is 2.55. The molecule has 4 amide bonds. The molecule has 2 aliphatic heterocycles. The van der Waals surface area contributed by atoms with Crippen molar-refractivity contribution in [1.29, 1.82) is 0 Å². The van der Waals surface area contributed by atoms with E-state index in [0.29, 0.717) is 37.2 Å². The molecule has 1 aromatic heterocycles. The number of hydrogen-bond acceptors (Lipinski definition) is 12. The molecule has 2 aliphatic carbocycles. The summed E-state index contributed by atoms with van der Waals surface area (Å²) < 4.78 is 53.0. The van der Waals surface area contributed by atoms with Crippen molar-refractivity contribution in [3.8, 4) is 5.88 Å². The van der Waals surface area contributed by atoms with Gasteiger partial charge in [0.05, 0.1) is 11.8 Å². The van der Waals surface area contributed by atoms with Crippen molar-refractivity contribution in [3.05, 3.63) is 36.1 Å². The summed E-state index contributed by atoms with van der Waals surface area (Å²) in [5, 5.41) is 8.01. The molecule has 0 spiro atoms. The number of halogens is 1. The van der Waals surface area contributed by atoms with Crippen LogP contribution in [0.15, 0.2) is 30.3 Å². The lowest BCUT2D eigenvalue weighted by molar-refractivity contribution is -0.141. The van der Waals surface area contributed by atoms with Crippen molar-refractivity contribution in [1.82, 2.24) is 30.2 Å². The monoisotopic (exact) mass is 828 g/mol. The number of ether oxygens (including phenoxy) is 2. The Hall–Kier alpha value is -4.74. The zero-order valence-corrected chi connectivity index (χ0v) is 34.7. The zero-order valence-electron chi connectivity index (χ0n) is 33.9. The lowest BCUT2D eigenvalue weighted by Crippen LogP contribution is -2.57. The number of likely N-dealkylation sites (tertiary alicyclic amines) is 1. The van der Waals surface area contributed by atoms with Crippen molar-refractivity contribution >= 4 is 51.3 Å². The average Bonchev–Trinajstić information content (AvgIpc) is 4.06. The summed E-state index contributed by atoms with van der Waals surface area (Å²) in [5.74, 6) is -1.35. The second-order valence-electron chi connectivity index (χ2n) is 16.8. The Labute approximate surface area is 339 Å².